The van der Waals surface area contributed by atoms with Crippen LogP contribution < -0.4 is 0 Å². The molecule has 0 N–H and O–H groups in total. The number of hydrogen-bond donors (Lipinski definition) is 0. The molecule has 2 aliphatic rings. The van der Waals surface area contributed by atoms with Gasteiger partial charge in [-0.2, -0.15) is 0 Å². The van der Waals surface area contributed by atoms with Gasteiger partial charge in [-0.25, -0.2) is 0 Å². The second kappa shape index (κ2) is 6.67. The highest BCUT2D eigenvalue weighted by atomic mass is 16.2. The molecule has 3 aromatic carbocycles. The molecule has 134 valence electrons. The van der Waals surface area contributed by atoms with E-state index in [1.165, 1.54) is 22.3 Å². The number of benzene rings is 3. The van der Waals surface area contributed by atoms with E-state index < -0.39 is 0 Å². The molecule has 2 heterocycles. The van der Waals surface area contributed by atoms with Crippen molar-refractivity contribution in [2.24, 2.45) is 0 Å². The van der Waals surface area contributed by atoms with Crippen molar-refractivity contribution in [2.45, 2.75) is 31.7 Å². The van der Waals surface area contributed by atoms with Gasteiger partial charge in [-0.15, -0.1) is 0 Å². The van der Waals surface area contributed by atoms with Crippen LogP contribution in [0.5, 0.6) is 0 Å². The number of carbonyl (C=O) groups is 1. The van der Waals surface area contributed by atoms with Gasteiger partial charge in [0.05, 0.1) is 6.04 Å². The Kier molecular flexibility index (Phi) is 4.02. The zero-order valence-electron chi connectivity index (χ0n) is 15.2. The van der Waals surface area contributed by atoms with E-state index in [1.54, 1.807) is 0 Å². The van der Waals surface area contributed by atoms with Gasteiger partial charge in [-0.05, 0) is 28.7 Å². The first-order chi connectivity index (χ1) is 13.3. The van der Waals surface area contributed by atoms with Crippen LogP contribution in [-0.2, 0) is 24.3 Å². The van der Waals surface area contributed by atoms with E-state index in [1.807, 2.05) is 24.3 Å². The second-order valence-corrected chi connectivity index (χ2v) is 7.40. The molecule has 0 saturated carbocycles. The van der Waals surface area contributed by atoms with Crippen molar-refractivity contribution in [2.75, 3.05) is 0 Å². The smallest absolute Gasteiger partial charge is 0.242 e. The number of hydrogen-bond acceptors (Lipinski definition) is 2. The highest BCUT2D eigenvalue weighted by Crippen LogP contribution is 2.40. The monoisotopic (exact) mass is 354 g/mol. The molecule has 27 heavy (non-hydrogen) atoms. The fourth-order valence-corrected chi connectivity index (χ4v) is 4.46. The van der Waals surface area contributed by atoms with E-state index in [0.717, 1.165) is 13.0 Å². The van der Waals surface area contributed by atoms with Gasteiger partial charge in [0.25, 0.3) is 0 Å². The molecule has 5 rings (SSSR count). The summed E-state index contributed by atoms with van der Waals surface area (Å²) in [6, 6.07) is 29.2. The maximum absolute atomic E-state index is 13.4. The quantitative estimate of drug-likeness (QED) is 0.705. The van der Waals surface area contributed by atoms with E-state index >= 15 is 0 Å². The Morgan fingerprint density at radius 2 is 1.41 bits per heavy atom. The number of fused-ring (bicyclic) bond motifs is 2. The fraction of sp³-hybridized carbons (Fsp3) is 0.208. The molecule has 3 heteroatoms. The summed E-state index contributed by atoms with van der Waals surface area (Å²) >= 11 is 0. The number of nitrogens with zero attached hydrogens (tertiary/aromatic N) is 2. The largest absolute Gasteiger partial charge is 0.317 e. The summed E-state index contributed by atoms with van der Waals surface area (Å²) in [4.78, 5) is 17.9. The van der Waals surface area contributed by atoms with Gasteiger partial charge in [-0.1, -0.05) is 84.9 Å². The zero-order chi connectivity index (χ0) is 18.2. The molecule has 0 bridgehead atoms. The highest BCUT2D eigenvalue weighted by Gasteiger charge is 2.48. The standard InChI is InChI=1S/C24H22N2O/c27-24-22-15-20-13-7-8-14-21(20)17-25(22)23(19-11-5-2-6-12-19)26(24)16-18-9-3-1-4-10-18/h1-14,22-23H,15-17H2/t22-,23+/m0/s1. The third-order valence-electron chi connectivity index (χ3n) is 5.76. The Morgan fingerprint density at radius 3 is 2.15 bits per heavy atom. The van der Waals surface area contributed by atoms with E-state index in [-0.39, 0.29) is 18.1 Å². The Balaban J connectivity index is 1.56. The van der Waals surface area contributed by atoms with E-state index in [9.17, 15) is 4.79 Å². The van der Waals surface area contributed by atoms with Crippen LogP contribution in [0, 0.1) is 0 Å². The summed E-state index contributed by atoms with van der Waals surface area (Å²) in [6.45, 7) is 1.46. The van der Waals surface area contributed by atoms with Crippen molar-refractivity contribution in [3.8, 4) is 0 Å². The van der Waals surface area contributed by atoms with E-state index in [2.05, 4.69) is 70.5 Å². The maximum Gasteiger partial charge on any atom is 0.242 e. The molecule has 3 nitrogen and oxygen atoms in total. The van der Waals surface area contributed by atoms with E-state index in [0.29, 0.717) is 6.54 Å². The van der Waals surface area contributed by atoms with Crippen molar-refractivity contribution in [3.05, 3.63) is 107 Å². The molecule has 0 spiro atoms. The molecule has 0 aliphatic carbocycles. The van der Waals surface area contributed by atoms with Gasteiger partial charge in [-0.3, -0.25) is 9.69 Å². The van der Waals surface area contributed by atoms with Crippen LogP contribution in [0.3, 0.4) is 0 Å². The third kappa shape index (κ3) is 2.84. The van der Waals surface area contributed by atoms with Crippen LogP contribution in [0.15, 0.2) is 84.9 Å². The van der Waals surface area contributed by atoms with Crippen molar-refractivity contribution < 1.29 is 4.79 Å². The Morgan fingerprint density at radius 1 is 0.778 bits per heavy atom. The lowest BCUT2D eigenvalue weighted by molar-refractivity contribution is -0.130. The molecular weight excluding hydrogens is 332 g/mol. The summed E-state index contributed by atoms with van der Waals surface area (Å²) in [6.07, 6.45) is 0.779. The number of rotatable bonds is 3. The lowest BCUT2D eigenvalue weighted by Crippen LogP contribution is -2.39. The van der Waals surface area contributed by atoms with Crippen LogP contribution in [0.1, 0.15) is 28.4 Å². The highest BCUT2D eigenvalue weighted by molar-refractivity contribution is 5.85. The molecule has 3 aromatic rings. The summed E-state index contributed by atoms with van der Waals surface area (Å²) < 4.78 is 0. The zero-order valence-corrected chi connectivity index (χ0v) is 15.2. The first-order valence-electron chi connectivity index (χ1n) is 9.53. The molecule has 2 aliphatic heterocycles. The lowest BCUT2D eigenvalue weighted by atomic mass is 9.94. The van der Waals surface area contributed by atoms with Gasteiger partial charge in [0.2, 0.25) is 5.91 Å². The van der Waals surface area contributed by atoms with Gasteiger partial charge in [0, 0.05) is 13.1 Å². The Hall–Kier alpha value is -2.91. The molecule has 2 atom stereocenters. The summed E-state index contributed by atoms with van der Waals surface area (Å²) in [7, 11) is 0. The van der Waals surface area contributed by atoms with Crippen molar-refractivity contribution in [3.63, 3.8) is 0 Å². The van der Waals surface area contributed by atoms with Crippen molar-refractivity contribution >= 4 is 5.91 Å². The molecular formula is C24H22N2O. The minimum absolute atomic E-state index is 0.0164. The number of amides is 1. The summed E-state index contributed by atoms with van der Waals surface area (Å²) in [5, 5.41) is 0. The van der Waals surface area contributed by atoms with Gasteiger partial charge in [0.15, 0.2) is 0 Å². The molecule has 1 amide bonds. The normalized spacial score (nSPS) is 21.8. The van der Waals surface area contributed by atoms with Crippen LogP contribution in [0.25, 0.3) is 0 Å². The topological polar surface area (TPSA) is 23.6 Å². The maximum atomic E-state index is 13.4. The minimum Gasteiger partial charge on any atom is -0.317 e. The fourth-order valence-electron chi connectivity index (χ4n) is 4.46. The molecule has 0 unspecified atom stereocenters. The summed E-state index contributed by atoms with van der Waals surface area (Å²) in [5.74, 6) is 0.238. The average Bonchev–Trinajstić information content (AvgIpc) is 2.99. The third-order valence-corrected chi connectivity index (χ3v) is 5.76. The SMILES string of the molecule is O=C1[C@@H]2Cc3ccccc3CN2[C@@H](c2ccccc2)N1Cc1ccccc1. The van der Waals surface area contributed by atoms with Gasteiger partial charge < -0.3 is 4.90 Å². The first-order valence-corrected chi connectivity index (χ1v) is 9.53. The van der Waals surface area contributed by atoms with Crippen LogP contribution in [0.4, 0.5) is 0 Å². The first kappa shape index (κ1) is 16.3. The second-order valence-electron chi connectivity index (χ2n) is 7.40. The van der Waals surface area contributed by atoms with Gasteiger partial charge in [0.1, 0.15) is 6.17 Å². The molecule has 1 saturated heterocycles. The predicted octanol–water partition coefficient (Wildman–Crippen LogP) is 4.15. The van der Waals surface area contributed by atoms with Crippen molar-refractivity contribution in [1.29, 1.82) is 0 Å². The van der Waals surface area contributed by atoms with Crippen LogP contribution in [-0.4, -0.2) is 21.7 Å². The molecule has 0 radical (unpaired) electrons. The van der Waals surface area contributed by atoms with Crippen LogP contribution in [0.2, 0.25) is 0 Å². The lowest BCUT2D eigenvalue weighted by Gasteiger charge is -2.35. The molecule has 0 aromatic heterocycles. The minimum atomic E-state index is -0.0752. The van der Waals surface area contributed by atoms with Crippen molar-refractivity contribution in [1.82, 2.24) is 9.80 Å². The predicted molar refractivity (Wildman–Crippen MR) is 106 cm³/mol. The summed E-state index contributed by atoms with van der Waals surface area (Å²) in [5.41, 5.74) is 5.00. The Labute approximate surface area is 159 Å². The van der Waals surface area contributed by atoms with Crippen LogP contribution >= 0.6 is 0 Å². The number of carbonyl (C=O) groups excluding carboxylic acids is 1. The molecule has 1 fully saturated rings. The van der Waals surface area contributed by atoms with Gasteiger partial charge >= 0.3 is 0 Å². The Bertz CT molecular complexity index is 954. The van der Waals surface area contributed by atoms with E-state index in [4.69, 9.17) is 0 Å². The average molecular weight is 354 g/mol.